The van der Waals surface area contributed by atoms with E-state index in [1.165, 1.54) is 9.80 Å². The van der Waals surface area contributed by atoms with Crippen molar-refractivity contribution < 1.29 is 9.59 Å². The monoisotopic (exact) mass is 388 g/mol. The van der Waals surface area contributed by atoms with E-state index in [0.717, 1.165) is 5.69 Å². The zero-order chi connectivity index (χ0) is 19.7. The van der Waals surface area contributed by atoms with E-state index in [-0.39, 0.29) is 10.7 Å². The first kappa shape index (κ1) is 17.8. The summed E-state index contributed by atoms with van der Waals surface area (Å²) < 4.78 is 1.69. The maximum Gasteiger partial charge on any atom is 0.270 e. The summed E-state index contributed by atoms with van der Waals surface area (Å²) >= 11 is 5.34. The number of rotatable bonds is 3. The van der Waals surface area contributed by atoms with Gasteiger partial charge in [0.15, 0.2) is 5.11 Å². The van der Waals surface area contributed by atoms with Crippen LogP contribution < -0.4 is 4.90 Å². The van der Waals surface area contributed by atoms with Crippen molar-refractivity contribution in [2.24, 2.45) is 0 Å². The van der Waals surface area contributed by atoms with Gasteiger partial charge in [-0.2, -0.15) is 5.10 Å². The number of para-hydroxylation sites is 2. The Morgan fingerprint density at radius 2 is 1.50 bits per heavy atom. The van der Waals surface area contributed by atoms with Gasteiger partial charge in [-0.05, 0) is 42.6 Å². The van der Waals surface area contributed by atoms with Crippen LogP contribution in [0.2, 0.25) is 0 Å². The van der Waals surface area contributed by atoms with Gasteiger partial charge in [0.1, 0.15) is 5.57 Å². The molecule has 1 fully saturated rings. The summed E-state index contributed by atoms with van der Waals surface area (Å²) in [5, 5.41) is 4.46. The molecule has 6 nitrogen and oxygen atoms in total. The molecule has 0 aliphatic carbocycles. The second kappa shape index (κ2) is 7.21. The number of carbonyl (C=O) groups excluding carboxylic acids is 2. The Morgan fingerprint density at radius 1 is 0.893 bits per heavy atom. The van der Waals surface area contributed by atoms with Crippen molar-refractivity contribution in [3.63, 3.8) is 0 Å². The normalized spacial score (nSPS) is 16.2. The molecular weight excluding hydrogens is 372 g/mol. The molecule has 0 atom stereocenters. The average molecular weight is 388 g/mol. The third-order valence-electron chi connectivity index (χ3n) is 4.40. The zero-order valence-corrected chi connectivity index (χ0v) is 15.8. The van der Waals surface area contributed by atoms with Gasteiger partial charge in [-0.15, -0.1) is 0 Å². The van der Waals surface area contributed by atoms with E-state index in [0.29, 0.717) is 11.3 Å². The molecule has 3 aromatic rings. The van der Waals surface area contributed by atoms with E-state index >= 15 is 0 Å². The van der Waals surface area contributed by atoms with Crippen molar-refractivity contribution >= 4 is 40.9 Å². The number of anilines is 1. The Labute approximate surface area is 167 Å². The highest BCUT2D eigenvalue weighted by molar-refractivity contribution is 7.80. The van der Waals surface area contributed by atoms with Gasteiger partial charge in [0.2, 0.25) is 0 Å². The van der Waals surface area contributed by atoms with Gasteiger partial charge in [0.05, 0.1) is 17.6 Å². The maximum absolute atomic E-state index is 13.1. The summed E-state index contributed by atoms with van der Waals surface area (Å²) in [7, 11) is 1.56. The van der Waals surface area contributed by atoms with E-state index in [1.54, 1.807) is 42.3 Å². The summed E-state index contributed by atoms with van der Waals surface area (Å²) in [5.74, 6) is -0.888. The molecule has 1 aliphatic heterocycles. The van der Waals surface area contributed by atoms with Gasteiger partial charge in [-0.1, -0.05) is 36.4 Å². The van der Waals surface area contributed by atoms with Crippen LogP contribution >= 0.6 is 12.2 Å². The fourth-order valence-corrected chi connectivity index (χ4v) is 3.22. The van der Waals surface area contributed by atoms with E-state index in [4.69, 9.17) is 12.2 Å². The molecule has 0 radical (unpaired) electrons. The Kier molecular flexibility index (Phi) is 4.58. The van der Waals surface area contributed by atoms with Gasteiger partial charge in [0.25, 0.3) is 11.8 Å². The highest BCUT2D eigenvalue weighted by atomic mass is 32.1. The predicted molar refractivity (Wildman–Crippen MR) is 111 cm³/mol. The molecule has 7 heteroatoms. The Hall–Kier alpha value is -3.58. The SMILES string of the molecule is CN1C(=O)C(=Cc2cnn(-c3ccccc3)c2)C(=O)N(c2ccccc2)C1=S. The van der Waals surface area contributed by atoms with Crippen LogP contribution in [0.5, 0.6) is 0 Å². The van der Waals surface area contributed by atoms with Gasteiger partial charge < -0.3 is 0 Å². The van der Waals surface area contributed by atoms with Crippen LogP contribution in [0.1, 0.15) is 5.56 Å². The molecule has 0 spiro atoms. The van der Waals surface area contributed by atoms with Crippen molar-refractivity contribution in [3.8, 4) is 5.69 Å². The zero-order valence-electron chi connectivity index (χ0n) is 15.0. The molecule has 0 unspecified atom stereocenters. The molecule has 1 aromatic heterocycles. The molecule has 138 valence electrons. The van der Waals surface area contributed by atoms with E-state index in [9.17, 15) is 9.59 Å². The van der Waals surface area contributed by atoms with Gasteiger partial charge in [0, 0.05) is 18.8 Å². The minimum atomic E-state index is -0.452. The second-order valence-corrected chi connectivity index (χ2v) is 6.60. The lowest BCUT2D eigenvalue weighted by atomic mass is 10.1. The third-order valence-corrected chi connectivity index (χ3v) is 4.85. The summed E-state index contributed by atoms with van der Waals surface area (Å²) in [6, 6.07) is 18.6. The van der Waals surface area contributed by atoms with E-state index < -0.39 is 11.8 Å². The third kappa shape index (κ3) is 3.12. The summed E-state index contributed by atoms with van der Waals surface area (Å²) in [5.41, 5.74) is 2.18. The number of aromatic nitrogens is 2. The van der Waals surface area contributed by atoms with Crippen LogP contribution in [-0.4, -0.2) is 38.7 Å². The van der Waals surface area contributed by atoms with Crippen molar-refractivity contribution in [2.75, 3.05) is 11.9 Å². The van der Waals surface area contributed by atoms with Crippen molar-refractivity contribution in [1.82, 2.24) is 14.7 Å². The smallest absolute Gasteiger partial charge is 0.270 e. The first-order valence-electron chi connectivity index (χ1n) is 8.59. The number of benzene rings is 2. The number of hydrogen-bond acceptors (Lipinski definition) is 4. The van der Waals surface area contributed by atoms with Gasteiger partial charge in [-0.3, -0.25) is 19.4 Å². The number of thiocarbonyl (C=S) groups is 1. The topological polar surface area (TPSA) is 58.4 Å². The molecular formula is C21H16N4O2S. The predicted octanol–water partition coefficient (Wildman–Crippen LogP) is 3.05. The van der Waals surface area contributed by atoms with Gasteiger partial charge in [-0.25, -0.2) is 4.68 Å². The Bertz CT molecular complexity index is 1090. The molecule has 28 heavy (non-hydrogen) atoms. The van der Waals surface area contributed by atoms with Crippen LogP contribution in [0.25, 0.3) is 11.8 Å². The highest BCUT2D eigenvalue weighted by Gasteiger charge is 2.38. The van der Waals surface area contributed by atoms with E-state index in [2.05, 4.69) is 5.10 Å². The molecule has 2 heterocycles. The van der Waals surface area contributed by atoms with Crippen LogP contribution in [-0.2, 0) is 9.59 Å². The average Bonchev–Trinajstić information content (AvgIpc) is 3.20. The standard InChI is InChI=1S/C21H16N4O2S/c1-23-19(26)18(20(27)25(21(23)28)17-10-6-3-7-11-17)12-15-13-22-24(14-15)16-8-4-2-5-9-16/h2-14H,1H3. The quantitative estimate of drug-likeness (QED) is 0.393. The number of likely N-dealkylation sites (N-methyl/N-ethyl adjacent to an activating group) is 1. The maximum atomic E-state index is 13.1. The first-order chi connectivity index (χ1) is 13.6. The van der Waals surface area contributed by atoms with E-state index in [1.807, 2.05) is 48.5 Å². The fourth-order valence-electron chi connectivity index (χ4n) is 2.94. The summed E-state index contributed by atoms with van der Waals surface area (Å²) in [6.45, 7) is 0. The molecule has 0 bridgehead atoms. The lowest BCUT2D eigenvalue weighted by Gasteiger charge is -2.34. The van der Waals surface area contributed by atoms with Crippen LogP contribution in [0.4, 0.5) is 5.69 Å². The molecule has 0 saturated carbocycles. The minimum absolute atomic E-state index is 0.0348. The lowest BCUT2D eigenvalue weighted by Crippen LogP contribution is -2.54. The second-order valence-electron chi connectivity index (χ2n) is 6.23. The summed E-state index contributed by atoms with van der Waals surface area (Å²) in [4.78, 5) is 28.4. The molecule has 2 aromatic carbocycles. The van der Waals surface area contributed by atoms with Crippen LogP contribution in [0.3, 0.4) is 0 Å². The highest BCUT2D eigenvalue weighted by Crippen LogP contribution is 2.25. The van der Waals surface area contributed by atoms with Gasteiger partial charge >= 0.3 is 0 Å². The summed E-state index contributed by atoms with van der Waals surface area (Å²) in [6.07, 6.45) is 4.92. The minimum Gasteiger partial charge on any atom is -0.287 e. The number of hydrogen-bond donors (Lipinski definition) is 0. The molecule has 1 saturated heterocycles. The molecule has 2 amide bonds. The van der Waals surface area contributed by atoms with Crippen molar-refractivity contribution in [2.45, 2.75) is 0 Å². The van der Waals surface area contributed by atoms with Crippen molar-refractivity contribution in [3.05, 3.63) is 84.2 Å². The Balaban J connectivity index is 1.72. The Morgan fingerprint density at radius 3 is 2.14 bits per heavy atom. The fraction of sp³-hybridized carbons (Fsp3) is 0.0476. The largest absolute Gasteiger partial charge is 0.287 e. The lowest BCUT2D eigenvalue weighted by molar-refractivity contribution is -0.127. The molecule has 1 aliphatic rings. The first-order valence-corrected chi connectivity index (χ1v) is 9.00. The molecule has 0 N–H and O–H groups in total. The number of amides is 2. The number of nitrogens with zero attached hydrogens (tertiary/aromatic N) is 4. The van der Waals surface area contributed by atoms with Crippen molar-refractivity contribution in [1.29, 1.82) is 0 Å². The molecule has 4 rings (SSSR count). The number of carbonyl (C=O) groups is 2. The van der Waals surface area contributed by atoms with Crippen LogP contribution in [0.15, 0.2) is 78.6 Å². The van der Waals surface area contributed by atoms with Crippen LogP contribution in [0, 0.1) is 0 Å².